The average Bonchev–Trinajstić information content (AvgIpc) is 3.14. The zero-order chi connectivity index (χ0) is 18.5. The topological polar surface area (TPSA) is 68.0 Å². The molecule has 0 radical (unpaired) electrons. The molecule has 134 valence electrons. The maximum atomic E-state index is 9.55. The van der Waals surface area contributed by atoms with Crippen LogP contribution >= 0.6 is 23.2 Å². The summed E-state index contributed by atoms with van der Waals surface area (Å²) in [6.07, 6.45) is 9.00. The van der Waals surface area contributed by atoms with Gasteiger partial charge in [-0.2, -0.15) is 5.26 Å². The number of ether oxygens (including phenoxy) is 2. The quantitative estimate of drug-likeness (QED) is 0.659. The second-order valence-electron chi connectivity index (χ2n) is 5.92. The summed E-state index contributed by atoms with van der Waals surface area (Å²) in [7, 11) is 1.57. The summed E-state index contributed by atoms with van der Waals surface area (Å²) in [5.41, 5.74) is 1.29. The molecule has 2 aromatic heterocycles. The van der Waals surface area contributed by atoms with Crippen molar-refractivity contribution < 1.29 is 9.47 Å². The standard InChI is InChI=1S/C19H17Cl2N3O2/c1-25-17-7-6-13(24-19(17)26-14-4-2-3-5-14)8-12(9-22)18-15(20)10-23-11-16(18)21/h6-8,10-11,14H,2-5H2,1H3. The Morgan fingerprint density at radius 3 is 2.54 bits per heavy atom. The van der Waals surface area contributed by atoms with E-state index < -0.39 is 0 Å². The molecule has 0 bridgehead atoms. The van der Waals surface area contributed by atoms with Crippen molar-refractivity contribution in [2.24, 2.45) is 0 Å². The second-order valence-corrected chi connectivity index (χ2v) is 6.73. The lowest BCUT2D eigenvalue weighted by atomic mass is 10.1. The first-order valence-corrected chi connectivity index (χ1v) is 9.01. The Morgan fingerprint density at radius 2 is 1.92 bits per heavy atom. The molecule has 7 heteroatoms. The van der Waals surface area contributed by atoms with Crippen molar-refractivity contribution >= 4 is 34.9 Å². The zero-order valence-electron chi connectivity index (χ0n) is 14.2. The van der Waals surface area contributed by atoms with Crippen LogP contribution in [0.4, 0.5) is 0 Å². The summed E-state index contributed by atoms with van der Waals surface area (Å²) in [5, 5.41) is 10.2. The summed E-state index contributed by atoms with van der Waals surface area (Å²) in [4.78, 5) is 8.41. The van der Waals surface area contributed by atoms with Crippen molar-refractivity contribution in [1.82, 2.24) is 9.97 Å². The van der Waals surface area contributed by atoms with Gasteiger partial charge in [-0.1, -0.05) is 23.2 Å². The third-order valence-electron chi connectivity index (χ3n) is 4.18. The van der Waals surface area contributed by atoms with Gasteiger partial charge in [0.1, 0.15) is 6.10 Å². The first kappa shape index (κ1) is 18.5. The van der Waals surface area contributed by atoms with Gasteiger partial charge >= 0.3 is 0 Å². The molecule has 3 rings (SSSR count). The van der Waals surface area contributed by atoms with E-state index in [0.29, 0.717) is 38.5 Å². The van der Waals surface area contributed by atoms with Crippen LogP contribution in [0, 0.1) is 11.3 Å². The minimum absolute atomic E-state index is 0.148. The van der Waals surface area contributed by atoms with Crippen LogP contribution in [-0.2, 0) is 0 Å². The monoisotopic (exact) mass is 389 g/mol. The number of nitrogens with zero attached hydrogens (tertiary/aromatic N) is 3. The van der Waals surface area contributed by atoms with Crippen LogP contribution in [0.5, 0.6) is 11.6 Å². The second kappa shape index (κ2) is 8.39. The van der Waals surface area contributed by atoms with Crippen molar-refractivity contribution in [2.75, 3.05) is 7.11 Å². The van der Waals surface area contributed by atoms with Gasteiger partial charge in [0, 0.05) is 18.0 Å². The number of aromatic nitrogens is 2. The van der Waals surface area contributed by atoms with E-state index >= 15 is 0 Å². The van der Waals surface area contributed by atoms with E-state index in [-0.39, 0.29) is 6.10 Å². The number of halogens is 2. The van der Waals surface area contributed by atoms with Crippen LogP contribution in [0.3, 0.4) is 0 Å². The van der Waals surface area contributed by atoms with E-state index in [4.69, 9.17) is 32.7 Å². The van der Waals surface area contributed by atoms with Crippen molar-refractivity contribution in [3.05, 3.63) is 45.8 Å². The number of hydrogen-bond donors (Lipinski definition) is 0. The van der Waals surface area contributed by atoms with E-state index in [1.54, 1.807) is 25.3 Å². The molecule has 1 fully saturated rings. The fourth-order valence-corrected chi connectivity index (χ4v) is 3.47. The average molecular weight is 390 g/mol. The van der Waals surface area contributed by atoms with E-state index in [0.717, 1.165) is 25.7 Å². The van der Waals surface area contributed by atoms with Crippen molar-refractivity contribution in [1.29, 1.82) is 5.26 Å². The Balaban J connectivity index is 1.97. The third-order valence-corrected chi connectivity index (χ3v) is 4.76. The predicted octanol–water partition coefficient (Wildman–Crippen LogP) is 5.18. The van der Waals surface area contributed by atoms with Gasteiger partial charge in [-0.15, -0.1) is 0 Å². The molecule has 2 heterocycles. The number of methoxy groups -OCH3 is 1. The Hall–Kier alpha value is -2.29. The molecule has 2 aromatic rings. The largest absolute Gasteiger partial charge is 0.491 e. The van der Waals surface area contributed by atoms with E-state index in [2.05, 4.69) is 16.0 Å². The first-order chi connectivity index (χ1) is 12.6. The Kier molecular flexibility index (Phi) is 5.97. The van der Waals surface area contributed by atoms with Crippen molar-refractivity contribution in [3.8, 4) is 17.7 Å². The van der Waals surface area contributed by atoms with Crippen molar-refractivity contribution in [3.63, 3.8) is 0 Å². The Morgan fingerprint density at radius 1 is 1.23 bits per heavy atom. The fraction of sp³-hybridized carbons (Fsp3) is 0.316. The van der Waals surface area contributed by atoms with Crippen LogP contribution in [-0.4, -0.2) is 23.2 Å². The normalized spacial score (nSPS) is 14.9. The highest BCUT2D eigenvalue weighted by molar-refractivity contribution is 6.38. The third kappa shape index (κ3) is 4.09. The fourth-order valence-electron chi connectivity index (χ4n) is 2.90. The number of allylic oxidation sites excluding steroid dienone is 1. The van der Waals surface area contributed by atoms with Crippen LogP contribution in [0.25, 0.3) is 11.6 Å². The van der Waals surface area contributed by atoms with Gasteiger partial charge in [-0.05, 0) is 43.9 Å². The van der Waals surface area contributed by atoms with Gasteiger partial charge in [-0.3, -0.25) is 4.98 Å². The maximum Gasteiger partial charge on any atom is 0.257 e. The molecular weight excluding hydrogens is 373 g/mol. The molecule has 26 heavy (non-hydrogen) atoms. The van der Waals surface area contributed by atoms with Crippen LogP contribution in [0.2, 0.25) is 10.0 Å². The minimum atomic E-state index is 0.148. The van der Waals surface area contributed by atoms with Crippen LogP contribution in [0.15, 0.2) is 24.5 Å². The van der Waals surface area contributed by atoms with E-state index in [1.807, 2.05) is 0 Å². The molecule has 0 atom stereocenters. The smallest absolute Gasteiger partial charge is 0.257 e. The van der Waals surface area contributed by atoms with Gasteiger partial charge < -0.3 is 9.47 Å². The molecule has 5 nitrogen and oxygen atoms in total. The highest BCUT2D eigenvalue weighted by atomic mass is 35.5. The Labute approximate surface area is 162 Å². The molecular formula is C19H17Cl2N3O2. The zero-order valence-corrected chi connectivity index (χ0v) is 15.7. The summed E-state index contributed by atoms with van der Waals surface area (Å²) < 4.78 is 11.3. The number of rotatable bonds is 5. The van der Waals surface area contributed by atoms with Crippen LogP contribution in [0.1, 0.15) is 36.9 Å². The lowest BCUT2D eigenvalue weighted by Gasteiger charge is -2.15. The minimum Gasteiger partial charge on any atom is -0.491 e. The van der Waals surface area contributed by atoms with E-state index in [9.17, 15) is 5.26 Å². The molecule has 0 unspecified atom stereocenters. The predicted molar refractivity (Wildman–Crippen MR) is 101 cm³/mol. The van der Waals surface area contributed by atoms with Gasteiger partial charge in [0.05, 0.1) is 34.5 Å². The molecule has 1 aliphatic carbocycles. The van der Waals surface area contributed by atoms with Gasteiger partial charge in [0.15, 0.2) is 5.75 Å². The summed E-state index contributed by atoms with van der Waals surface area (Å²) >= 11 is 12.3. The van der Waals surface area contributed by atoms with Gasteiger partial charge in [0.2, 0.25) is 0 Å². The van der Waals surface area contributed by atoms with E-state index in [1.165, 1.54) is 12.4 Å². The SMILES string of the molecule is COc1ccc(C=C(C#N)c2c(Cl)cncc2Cl)nc1OC1CCCC1. The lowest BCUT2D eigenvalue weighted by molar-refractivity contribution is 0.192. The number of nitriles is 1. The molecule has 0 spiro atoms. The molecule has 1 aliphatic rings. The molecule has 0 N–H and O–H groups in total. The summed E-state index contributed by atoms with van der Waals surface area (Å²) in [6, 6.07) is 5.64. The lowest BCUT2D eigenvalue weighted by Crippen LogP contribution is -2.12. The van der Waals surface area contributed by atoms with Gasteiger partial charge in [0.25, 0.3) is 5.88 Å². The molecule has 0 aliphatic heterocycles. The highest BCUT2D eigenvalue weighted by Crippen LogP contribution is 2.33. The molecule has 0 aromatic carbocycles. The number of hydrogen-bond acceptors (Lipinski definition) is 5. The molecule has 1 saturated carbocycles. The highest BCUT2D eigenvalue weighted by Gasteiger charge is 2.20. The van der Waals surface area contributed by atoms with Gasteiger partial charge in [-0.25, -0.2) is 4.98 Å². The summed E-state index contributed by atoms with van der Waals surface area (Å²) in [6.45, 7) is 0. The first-order valence-electron chi connectivity index (χ1n) is 8.25. The van der Waals surface area contributed by atoms with Crippen LogP contribution < -0.4 is 9.47 Å². The summed E-state index contributed by atoms with van der Waals surface area (Å²) in [5.74, 6) is 0.991. The van der Waals surface area contributed by atoms with Crippen molar-refractivity contribution in [2.45, 2.75) is 31.8 Å². The maximum absolute atomic E-state index is 9.55. The number of pyridine rings is 2. The Bertz CT molecular complexity index is 851. The molecule has 0 amide bonds. The molecule has 0 saturated heterocycles.